The van der Waals surface area contributed by atoms with E-state index < -0.39 is 6.23 Å². The monoisotopic (exact) mass is 617 g/mol. The van der Waals surface area contributed by atoms with E-state index in [9.17, 15) is 18.7 Å². The van der Waals surface area contributed by atoms with Gasteiger partial charge in [-0.25, -0.2) is 8.78 Å². The van der Waals surface area contributed by atoms with E-state index in [0.29, 0.717) is 48.9 Å². The van der Waals surface area contributed by atoms with Crippen LogP contribution in [0, 0.1) is 23.5 Å². The molecule has 2 atom stereocenters. The lowest BCUT2D eigenvalue weighted by atomic mass is 10.0. The molecule has 3 rings (SSSR count). The number of halogens is 2. The summed E-state index contributed by atoms with van der Waals surface area (Å²) in [5.41, 5.74) is 8.12. The molecule has 0 spiro atoms. The third-order valence-corrected chi connectivity index (χ3v) is 6.84. The smallest absolute Gasteiger partial charge is 0.221 e. The van der Waals surface area contributed by atoms with Gasteiger partial charge in [0.1, 0.15) is 24.0 Å². The van der Waals surface area contributed by atoms with Crippen LogP contribution in [0.15, 0.2) is 54.1 Å². The van der Waals surface area contributed by atoms with Gasteiger partial charge < -0.3 is 26.2 Å². The molecule has 0 heterocycles. The van der Waals surface area contributed by atoms with E-state index in [1.807, 2.05) is 6.07 Å². The average molecular weight is 618 g/mol. The first-order valence-corrected chi connectivity index (χ1v) is 16.3. The van der Waals surface area contributed by atoms with Gasteiger partial charge in [-0.3, -0.25) is 4.79 Å². The van der Waals surface area contributed by atoms with Crippen molar-refractivity contribution in [2.24, 2.45) is 17.6 Å². The van der Waals surface area contributed by atoms with Crippen LogP contribution in [-0.2, 0) is 11.2 Å². The van der Waals surface area contributed by atoms with Crippen LogP contribution in [0.4, 0.5) is 8.78 Å². The first-order chi connectivity index (χ1) is 21.0. The molecule has 1 aliphatic rings. The van der Waals surface area contributed by atoms with Crippen LogP contribution >= 0.6 is 0 Å². The second-order valence-corrected chi connectivity index (χ2v) is 11.9. The van der Waals surface area contributed by atoms with Gasteiger partial charge in [-0.2, -0.15) is 0 Å². The summed E-state index contributed by atoms with van der Waals surface area (Å²) in [4.78, 5) is 10.9. The second-order valence-electron chi connectivity index (χ2n) is 11.9. The fourth-order valence-corrected chi connectivity index (χ4v) is 4.34. The predicted octanol–water partition coefficient (Wildman–Crippen LogP) is 7.61. The molecule has 0 radical (unpaired) electrons. The van der Waals surface area contributed by atoms with Gasteiger partial charge in [-0.05, 0) is 81.7 Å². The third kappa shape index (κ3) is 16.9. The Labute approximate surface area is 264 Å². The number of aliphatic hydroxyl groups excluding tert-OH is 1. The van der Waals surface area contributed by atoms with E-state index in [1.165, 1.54) is 61.6 Å². The number of carbonyl (C=O) groups excluding carboxylic acids is 1. The maximum absolute atomic E-state index is 14.0. The lowest BCUT2D eigenvalue weighted by Crippen LogP contribution is -2.35. The van der Waals surface area contributed by atoms with E-state index in [4.69, 9.17) is 10.5 Å². The number of amides is 1. The van der Waals surface area contributed by atoms with E-state index in [1.54, 1.807) is 13.0 Å². The zero-order valence-corrected chi connectivity index (χ0v) is 27.8. The number of benzene rings is 2. The van der Waals surface area contributed by atoms with Crippen LogP contribution in [-0.4, -0.2) is 36.8 Å². The second kappa shape index (κ2) is 22.7. The van der Waals surface area contributed by atoms with Gasteiger partial charge in [0, 0.05) is 30.1 Å². The van der Waals surface area contributed by atoms with E-state index in [2.05, 4.69) is 51.3 Å². The molecule has 6 nitrogen and oxygen atoms in total. The summed E-state index contributed by atoms with van der Waals surface area (Å²) in [6.07, 6.45) is 9.28. The predicted molar refractivity (Wildman–Crippen MR) is 177 cm³/mol. The molecule has 44 heavy (non-hydrogen) atoms. The fourth-order valence-electron chi connectivity index (χ4n) is 4.34. The van der Waals surface area contributed by atoms with E-state index in [-0.39, 0.29) is 17.5 Å². The summed E-state index contributed by atoms with van der Waals surface area (Å²) >= 11 is 0. The highest BCUT2D eigenvalue weighted by atomic mass is 19.1. The number of nitrogens with two attached hydrogens (primary N) is 1. The van der Waals surface area contributed by atoms with Crippen LogP contribution in [0.1, 0.15) is 104 Å². The highest BCUT2D eigenvalue weighted by molar-refractivity contribution is 5.75. The first-order valence-electron chi connectivity index (χ1n) is 16.3. The quantitative estimate of drug-likeness (QED) is 0.0884. The van der Waals surface area contributed by atoms with Crippen molar-refractivity contribution in [3.05, 3.63) is 76.9 Å². The lowest BCUT2D eigenvalue weighted by molar-refractivity contribution is -0.123. The number of unbranched alkanes of at least 4 members (excludes halogenated alkanes) is 2. The molecule has 248 valence electrons. The Bertz CT molecular complexity index is 1090. The molecule has 8 heteroatoms. The number of aliphatic hydroxyl groups is 1. The zero-order valence-electron chi connectivity index (χ0n) is 27.8. The minimum atomic E-state index is -1.07. The largest absolute Gasteiger partial charge is 0.492 e. The Morgan fingerprint density at radius 2 is 1.75 bits per heavy atom. The number of rotatable bonds is 16. The Kier molecular flexibility index (Phi) is 20.2. The molecule has 1 aliphatic carbocycles. The summed E-state index contributed by atoms with van der Waals surface area (Å²) in [5.74, 6) is 1.43. The molecule has 1 fully saturated rings. The van der Waals surface area contributed by atoms with Gasteiger partial charge in [0.25, 0.3) is 0 Å². The number of hydrogen-bond donors (Lipinski definition) is 4. The van der Waals surface area contributed by atoms with Crippen molar-refractivity contribution in [1.29, 1.82) is 0 Å². The number of ether oxygens (including phenoxy) is 1. The molecule has 0 saturated heterocycles. The van der Waals surface area contributed by atoms with E-state index >= 15 is 0 Å². The van der Waals surface area contributed by atoms with Crippen molar-refractivity contribution >= 4 is 5.91 Å². The molecule has 0 bridgehead atoms. The molecular weight excluding hydrogens is 560 g/mol. The van der Waals surface area contributed by atoms with Crippen LogP contribution < -0.4 is 21.1 Å². The maximum Gasteiger partial charge on any atom is 0.221 e. The highest BCUT2D eigenvalue weighted by Gasteiger charge is 2.31. The fraction of sp³-hybridized carbons (Fsp3) is 0.583. The van der Waals surface area contributed by atoms with Gasteiger partial charge in [-0.15, -0.1) is 0 Å². The first kappa shape index (κ1) is 39.2. The Hall–Kier alpha value is -2.81. The van der Waals surface area contributed by atoms with Crippen molar-refractivity contribution in [2.75, 3.05) is 19.7 Å². The maximum atomic E-state index is 14.0. The zero-order chi connectivity index (χ0) is 32.9. The van der Waals surface area contributed by atoms with Gasteiger partial charge in [0.2, 0.25) is 5.91 Å². The van der Waals surface area contributed by atoms with Crippen molar-refractivity contribution in [3.63, 3.8) is 0 Å². The normalized spacial score (nSPS) is 14.1. The molecule has 2 aromatic rings. The molecule has 1 saturated carbocycles. The number of allylic oxidation sites excluding steroid dienone is 1. The summed E-state index contributed by atoms with van der Waals surface area (Å²) < 4.78 is 32.4. The average Bonchev–Trinajstić information content (AvgIpc) is 3.82. The van der Waals surface area contributed by atoms with Crippen LogP contribution in [0.25, 0.3) is 0 Å². The number of nitrogens with one attached hydrogen (secondary N) is 2. The van der Waals surface area contributed by atoms with E-state index in [0.717, 1.165) is 31.2 Å². The molecule has 5 N–H and O–H groups in total. The molecule has 0 aliphatic heterocycles. The van der Waals surface area contributed by atoms with Gasteiger partial charge in [0.15, 0.2) is 6.23 Å². The highest BCUT2D eigenvalue weighted by Crippen LogP contribution is 2.35. The Morgan fingerprint density at radius 3 is 2.32 bits per heavy atom. The standard InChI is InChI=1S/C22H35FN2O.C10H12FNO2.C4H10/c1-3-4-5-8-17(2)22(18-12-13-18)25-15-16-26-21-11-6-10-20(23)19(21)9-7-14-24;1-2-9(13)12-10(14)7-3-5-8(11)6-4-7;1-4(2)3/h6,8,10-11,18,22,25H,3-5,7,9,12-16,24H2,1-2H3;3-6,10,14H,2H2,1H3,(H,12,13);4H,1-3H3/b17-8+;;. The SMILES string of the molecule is CC(C)C.CCC(=O)NC(O)c1ccc(F)cc1.CCCC/C=C(\C)C(NCCOc1cccc(F)c1CCCN)C1CC1. The number of carbonyl (C=O) groups is 1. The minimum absolute atomic E-state index is 0.200. The summed E-state index contributed by atoms with van der Waals surface area (Å²) in [7, 11) is 0. The lowest BCUT2D eigenvalue weighted by Gasteiger charge is -2.20. The van der Waals surface area contributed by atoms with Gasteiger partial charge in [-0.1, -0.05) is 77.3 Å². The van der Waals surface area contributed by atoms with Crippen molar-refractivity contribution in [3.8, 4) is 5.75 Å². The summed E-state index contributed by atoms with van der Waals surface area (Å²) in [6, 6.07) is 10.8. The van der Waals surface area contributed by atoms with Crippen LogP contribution in [0.5, 0.6) is 5.75 Å². The molecule has 1 amide bonds. The van der Waals surface area contributed by atoms with Crippen molar-refractivity contribution in [1.82, 2.24) is 10.6 Å². The third-order valence-electron chi connectivity index (χ3n) is 6.84. The number of hydrogen-bond acceptors (Lipinski definition) is 5. The Morgan fingerprint density at radius 1 is 1.09 bits per heavy atom. The minimum Gasteiger partial charge on any atom is -0.492 e. The molecule has 2 aromatic carbocycles. The topological polar surface area (TPSA) is 96.6 Å². The van der Waals surface area contributed by atoms with Gasteiger partial charge >= 0.3 is 0 Å². The van der Waals surface area contributed by atoms with Gasteiger partial charge in [0.05, 0.1) is 0 Å². The Balaban J connectivity index is 0.000000449. The summed E-state index contributed by atoms with van der Waals surface area (Å²) in [5, 5.41) is 15.5. The van der Waals surface area contributed by atoms with Crippen LogP contribution in [0.3, 0.4) is 0 Å². The van der Waals surface area contributed by atoms with Crippen molar-refractivity contribution in [2.45, 2.75) is 105 Å². The molecule has 0 aromatic heterocycles. The van der Waals surface area contributed by atoms with Crippen LogP contribution in [0.2, 0.25) is 0 Å². The molecular formula is C36H57F2N3O3. The van der Waals surface area contributed by atoms with Crippen molar-refractivity contribution < 1.29 is 23.4 Å². The summed E-state index contributed by atoms with van der Waals surface area (Å²) in [6.45, 7) is 14.5. The molecule has 2 unspecified atom stereocenters.